The standard InChI is InChI=1S/H3O5P/c1-5-6(2,3)4/h1H,(H2,2,3,4). The fourth-order valence-corrected chi connectivity index (χ4v) is 0. The van der Waals surface area contributed by atoms with E-state index in [-0.39, 0.29) is 0 Å². The summed E-state index contributed by atoms with van der Waals surface area (Å²) in [6.07, 6.45) is 0. The normalized spacial score (nSPS) is 11.8. The molecule has 0 radical (unpaired) electrons. The first kappa shape index (κ1) is 6.07. The lowest BCUT2D eigenvalue weighted by Crippen LogP contribution is -1.77. The van der Waals surface area contributed by atoms with Gasteiger partial charge in [-0.05, 0) is 0 Å². The van der Waals surface area contributed by atoms with E-state index in [0.29, 0.717) is 0 Å². The molecule has 0 aromatic heterocycles. The van der Waals surface area contributed by atoms with Crippen molar-refractivity contribution in [3.05, 3.63) is 0 Å². The van der Waals surface area contributed by atoms with Gasteiger partial charge >= 0.3 is 7.82 Å². The van der Waals surface area contributed by atoms with Crippen LogP contribution in [0, 0.1) is 0 Å². The molecule has 0 aliphatic carbocycles. The van der Waals surface area contributed by atoms with Gasteiger partial charge in [0, 0.05) is 0 Å². The van der Waals surface area contributed by atoms with Crippen LogP contribution in [0.3, 0.4) is 0 Å². The highest BCUT2D eigenvalue weighted by molar-refractivity contribution is 7.46. The smallest absolute Gasteiger partial charge is 0.301 e. The van der Waals surface area contributed by atoms with Crippen LogP contribution in [-0.2, 0) is 9.24 Å². The highest BCUT2D eigenvalue weighted by Gasteiger charge is 2.10. The van der Waals surface area contributed by atoms with Gasteiger partial charge in [-0.15, -0.1) is 4.67 Å². The van der Waals surface area contributed by atoms with Gasteiger partial charge in [-0.2, -0.15) is 0 Å². The van der Waals surface area contributed by atoms with Crippen molar-refractivity contribution < 1.29 is 24.3 Å². The van der Waals surface area contributed by atoms with E-state index in [4.69, 9.17) is 15.0 Å². The molecule has 0 heterocycles. The lowest BCUT2D eigenvalue weighted by atomic mass is 15.0. The largest absolute Gasteiger partial charge is 0.496 e. The topological polar surface area (TPSA) is 87.0 Å². The van der Waals surface area contributed by atoms with E-state index in [1.165, 1.54) is 0 Å². The van der Waals surface area contributed by atoms with Crippen LogP contribution in [-0.4, -0.2) is 15.0 Å². The first-order chi connectivity index (χ1) is 2.56. The zero-order chi connectivity index (χ0) is 5.21. The van der Waals surface area contributed by atoms with Crippen LogP contribution in [0.5, 0.6) is 0 Å². The van der Waals surface area contributed by atoms with Crippen molar-refractivity contribution in [2.24, 2.45) is 0 Å². The van der Waals surface area contributed by atoms with Gasteiger partial charge in [-0.3, -0.25) is 0 Å². The molecule has 0 saturated carbocycles. The highest BCUT2D eigenvalue weighted by atomic mass is 31.2. The molecule has 0 aliphatic heterocycles. The molecule has 0 spiro atoms. The average Bonchev–Trinajstić information content (AvgIpc) is 1.35. The molecule has 0 fully saturated rings. The van der Waals surface area contributed by atoms with Gasteiger partial charge in [0.1, 0.15) is 0 Å². The lowest BCUT2D eigenvalue weighted by Gasteiger charge is -1.90. The summed E-state index contributed by atoms with van der Waals surface area (Å²) in [5, 5.41) is 7.14. The molecule has 0 aliphatic rings. The number of rotatable bonds is 1. The summed E-state index contributed by atoms with van der Waals surface area (Å²) in [7, 11) is -4.59. The Balaban J connectivity index is 3.48. The summed E-state index contributed by atoms with van der Waals surface area (Å²) < 4.78 is 11.8. The lowest BCUT2D eigenvalue weighted by molar-refractivity contribution is -0.158. The molecule has 6 heavy (non-hydrogen) atoms. The molecular weight excluding hydrogens is 111 g/mol. The van der Waals surface area contributed by atoms with E-state index in [0.717, 1.165) is 0 Å². The van der Waals surface area contributed by atoms with Crippen molar-refractivity contribution in [3.8, 4) is 0 Å². The maximum Gasteiger partial charge on any atom is 0.496 e. The molecule has 5 nitrogen and oxygen atoms in total. The van der Waals surface area contributed by atoms with Gasteiger partial charge in [0.05, 0.1) is 0 Å². The number of phosphoric acid groups is 1. The van der Waals surface area contributed by atoms with Crippen LogP contribution in [0.2, 0.25) is 0 Å². The van der Waals surface area contributed by atoms with Crippen molar-refractivity contribution in [1.29, 1.82) is 0 Å². The second-order valence-electron chi connectivity index (χ2n) is 0.572. The highest BCUT2D eigenvalue weighted by Crippen LogP contribution is 2.33. The van der Waals surface area contributed by atoms with Crippen LogP contribution in [0.15, 0.2) is 0 Å². The molecule has 0 atom stereocenters. The second kappa shape index (κ2) is 1.68. The molecule has 0 aromatic carbocycles. The van der Waals surface area contributed by atoms with Crippen LogP contribution in [0.1, 0.15) is 0 Å². The third-order valence-corrected chi connectivity index (χ3v) is 0.319. The quantitative estimate of drug-likeness (QED) is 0.244. The van der Waals surface area contributed by atoms with Crippen LogP contribution in [0.25, 0.3) is 0 Å². The summed E-state index contributed by atoms with van der Waals surface area (Å²) >= 11 is 0. The first-order valence-electron chi connectivity index (χ1n) is 0.948. The fraction of sp³-hybridized carbons (Fsp3) is 0. The van der Waals surface area contributed by atoms with Gasteiger partial charge in [-0.1, -0.05) is 0 Å². The Kier molecular flexibility index (Phi) is 1.70. The van der Waals surface area contributed by atoms with Gasteiger partial charge in [0.2, 0.25) is 0 Å². The Morgan fingerprint density at radius 1 is 1.50 bits per heavy atom. The van der Waals surface area contributed by atoms with E-state index in [2.05, 4.69) is 4.67 Å². The third-order valence-electron chi connectivity index (χ3n) is 0.106. The van der Waals surface area contributed by atoms with E-state index >= 15 is 0 Å². The zero-order valence-corrected chi connectivity index (χ0v) is 3.50. The van der Waals surface area contributed by atoms with Gasteiger partial charge in [-0.25, -0.2) is 9.82 Å². The van der Waals surface area contributed by atoms with Gasteiger partial charge in [0.15, 0.2) is 0 Å². The predicted molar refractivity (Wildman–Crippen MR) is 15.8 cm³/mol. The predicted octanol–water partition coefficient (Wildman–Crippen LogP) is -0.431. The summed E-state index contributed by atoms with van der Waals surface area (Å²) in [4.78, 5) is 14.9. The maximum atomic E-state index is 9.22. The zero-order valence-electron chi connectivity index (χ0n) is 2.61. The molecule has 0 amide bonds. The molecule has 0 rings (SSSR count). The first-order valence-corrected chi connectivity index (χ1v) is 2.48. The van der Waals surface area contributed by atoms with Crippen molar-refractivity contribution in [2.75, 3.05) is 0 Å². The summed E-state index contributed by atoms with van der Waals surface area (Å²) in [5.41, 5.74) is 0. The minimum absolute atomic E-state index is 2.60. The molecule has 38 valence electrons. The van der Waals surface area contributed by atoms with Crippen molar-refractivity contribution in [3.63, 3.8) is 0 Å². The van der Waals surface area contributed by atoms with Crippen molar-refractivity contribution in [1.82, 2.24) is 0 Å². The average molecular weight is 114 g/mol. The molecular formula is H3O5P. The van der Waals surface area contributed by atoms with E-state index < -0.39 is 7.82 Å². The fourth-order valence-electron chi connectivity index (χ4n) is 0. The van der Waals surface area contributed by atoms with Crippen LogP contribution >= 0.6 is 7.82 Å². The van der Waals surface area contributed by atoms with Gasteiger partial charge < -0.3 is 9.79 Å². The molecule has 0 unspecified atom stereocenters. The monoisotopic (exact) mass is 114 g/mol. The summed E-state index contributed by atoms with van der Waals surface area (Å²) in [6, 6.07) is 0. The molecule has 3 N–H and O–H groups in total. The summed E-state index contributed by atoms with van der Waals surface area (Å²) in [6.45, 7) is 0. The maximum absolute atomic E-state index is 9.22. The molecule has 6 heteroatoms. The van der Waals surface area contributed by atoms with Gasteiger partial charge in [0.25, 0.3) is 0 Å². The Labute approximate surface area is 33.3 Å². The molecule has 0 bridgehead atoms. The Morgan fingerprint density at radius 2 is 1.67 bits per heavy atom. The van der Waals surface area contributed by atoms with E-state index in [9.17, 15) is 4.57 Å². The molecule has 0 aromatic rings. The third kappa shape index (κ3) is 4.07. The van der Waals surface area contributed by atoms with E-state index in [1.54, 1.807) is 0 Å². The van der Waals surface area contributed by atoms with Crippen LogP contribution in [0.4, 0.5) is 0 Å². The Morgan fingerprint density at radius 3 is 1.67 bits per heavy atom. The van der Waals surface area contributed by atoms with E-state index in [1.807, 2.05) is 0 Å². The minimum atomic E-state index is -4.59. The Hall–Kier alpha value is 0.0700. The number of hydrogen-bond acceptors (Lipinski definition) is 3. The minimum Gasteiger partial charge on any atom is -0.301 e. The van der Waals surface area contributed by atoms with Crippen LogP contribution < -0.4 is 0 Å². The summed E-state index contributed by atoms with van der Waals surface area (Å²) in [5.74, 6) is 0. The van der Waals surface area contributed by atoms with Crippen molar-refractivity contribution in [2.45, 2.75) is 0 Å². The number of hydrogen-bond donors (Lipinski definition) is 3. The van der Waals surface area contributed by atoms with Crippen molar-refractivity contribution >= 4 is 7.82 Å². The second-order valence-corrected chi connectivity index (χ2v) is 1.72. The molecule has 0 saturated heterocycles. The SMILES string of the molecule is O=P(O)(O)OO. The Bertz CT molecular complexity index is 68.0.